The molecule has 1 aromatic heterocycles. The summed E-state index contributed by atoms with van der Waals surface area (Å²) < 4.78 is 31.6. The van der Waals surface area contributed by atoms with Gasteiger partial charge >= 0.3 is 10.4 Å². The largest absolute Gasteiger partial charge is 0.394 e. The summed E-state index contributed by atoms with van der Waals surface area (Å²) in [7, 11) is -4.67. The van der Waals surface area contributed by atoms with Gasteiger partial charge in [-0.1, -0.05) is 0 Å². The van der Waals surface area contributed by atoms with Gasteiger partial charge in [-0.2, -0.15) is 8.42 Å². The van der Waals surface area contributed by atoms with Crippen LogP contribution >= 0.6 is 0 Å². The predicted octanol–water partition coefficient (Wildman–Crippen LogP) is -0.472. The van der Waals surface area contributed by atoms with Crippen molar-refractivity contribution in [2.24, 2.45) is 5.73 Å². The lowest BCUT2D eigenvalue weighted by Gasteiger charge is -1.88. The SMILES string of the molecule is NC(=O)c1cccnc1.O=S(=O)(O)O. The van der Waals surface area contributed by atoms with Crippen molar-refractivity contribution in [3.8, 4) is 0 Å². The molecule has 1 aromatic rings. The second-order valence-electron chi connectivity index (χ2n) is 2.05. The molecule has 0 spiro atoms. The number of nitrogens with zero attached hydrogens (tertiary/aromatic N) is 1. The fourth-order valence-corrected chi connectivity index (χ4v) is 0.509. The Morgan fingerprint density at radius 1 is 1.43 bits per heavy atom. The first-order valence-electron chi connectivity index (χ1n) is 3.20. The highest BCUT2D eigenvalue weighted by atomic mass is 32.3. The molecule has 0 saturated carbocycles. The molecule has 0 radical (unpaired) electrons. The normalized spacial score (nSPS) is 9.86. The maximum absolute atomic E-state index is 10.4. The van der Waals surface area contributed by atoms with Gasteiger partial charge < -0.3 is 5.73 Å². The molecule has 14 heavy (non-hydrogen) atoms. The monoisotopic (exact) mass is 220 g/mol. The number of hydrogen-bond acceptors (Lipinski definition) is 4. The van der Waals surface area contributed by atoms with Crippen LogP contribution in [0, 0.1) is 0 Å². The van der Waals surface area contributed by atoms with Crippen molar-refractivity contribution < 1.29 is 22.3 Å². The highest BCUT2D eigenvalue weighted by Crippen LogP contribution is 1.91. The Morgan fingerprint density at radius 3 is 2.14 bits per heavy atom. The first kappa shape index (κ1) is 12.5. The molecule has 0 aliphatic carbocycles. The molecule has 0 atom stereocenters. The highest BCUT2D eigenvalue weighted by molar-refractivity contribution is 7.79. The second kappa shape index (κ2) is 5.27. The molecule has 0 fully saturated rings. The molecule has 1 rings (SSSR count). The van der Waals surface area contributed by atoms with Gasteiger partial charge in [0.15, 0.2) is 0 Å². The molecular formula is C6H8N2O5S. The molecule has 1 heterocycles. The highest BCUT2D eigenvalue weighted by Gasteiger charge is 1.94. The number of carbonyl (C=O) groups excluding carboxylic acids is 1. The van der Waals surface area contributed by atoms with Gasteiger partial charge in [0.1, 0.15) is 0 Å². The predicted molar refractivity (Wildman–Crippen MR) is 46.9 cm³/mol. The van der Waals surface area contributed by atoms with Crippen molar-refractivity contribution in [3.63, 3.8) is 0 Å². The summed E-state index contributed by atoms with van der Waals surface area (Å²) in [6.45, 7) is 0. The molecule has 0 saturated heterocycles. The Labute approximate surface area is 80.2 Å². The van der Waals surface area contributed by atoms with E-state index in [2.05, 4.69) is 4.98 Å². The van der Waals surface area contributed by atoms with Crippen LogP contribution in [0.15, 0.2) is 24.5 Å². The van der Waals surface area contributed by atoms with E-state index in [-0.39, 0.29) is 0 Å². The average molecular weight is 220 g/mol. The fraction of sp³-hybridized carbons (Fsp3) is 0. The summed E-state index contributed by atoms with van der Waals surface area (Å²) in [4.78, 5) is 14.1. The third-order valence-corrected chi connectivity index (χ3v) is 0.946. The Hall–Kier alpha value is -1.51. The van der Waals surface area contributed by atoms with Gasteiger partial charge in [0.25, 0.3) is 0 Å². The van der Waals surface area contributed by atoms with Crippen molar-refractivity contribution in [3.05, 3.63) is 30.1 Å². The van der Waals surface area contributed by atoms with E-state index in [9.17, 15) is 4.79 Å². The van der Waals surface area contributed by atoms with Crippen LogP contribution in [0.1, 0.15) is 10.4 Å². The van der Waals surface area contributed by atoms with E-state index >= 15 is 0 Å². The number of rotatable bonds is 1. The lowest BCUT2D eigenvalue weighted by molar-refractivity contribution is 0.1000. The van der Waals surface area contributed by atoms with Crippen molar-refractivity contribution in [2.75, 3.05) is 0 Å². The lowest BCUT2D eigenvalue weighted by Crippen LogP contribution is -2.10. The van der Waals surface area contributed by atoms with E-state index in [1.54, 1.807) is 18.3 Å². The number of amides is 1. The molecule has 0 bridgehead atoms. The van der Waals surface area contributed by atoms with Crippen LogP contribution in [0.25, 0.3) is 0 Å². The summed E-state index contributed by atoms with van der Waals surface area (Å²) >= 11 is 0. The van der Waals surface area contributed by atoms with Crippen LogP contribution in [0.5, 0.6) is 0 Å². The molecule has 0 unspecified atom stereocenters. The van der Waals surface area contributed by atoms with Crippen LogP contribution < -0.4 is 5.73 Å². The minimum atomic E-state index is -4.67. The summed E-state index contributed by atoms with van der Waals surface area (Å²) in [6, 6.07) is 3.29. The summed E-state index contributed by atoms with van der Waals surface area (Å²) in [6.07, 6.45) is 3.02. The zero-order chi connectivity index (χ0) is 11.2. The van der Waals surface area contributed by atoms with Crippen molar-refractivity contribution in [2.45, 2.75) is 0 Å². The number of hydrogen-bond donors (Lipinski definition) is 3. The topological polar surface area (TPSA) is 131 Å². The summed E-state index contributed by atoms with van der Waals surface area (Å²) in [5.41, 5.74) is 5.38. The van der Waals surface area contributed by atoms with Crippen molar-refractivity contribution in [1.82, 2.24) is 4.98 Å². The molecule has 1 amide bonds. The first-order chi connectivity index (χ1) is 6.30. The molecule has 0 aliphatic rings. The molecule has 78 valence electrons. The number of nitrogens with two attached hydrogens (primary N) is 1. The average Bonchev–Trinajstić information content (AvgIpc) is 2.03. The van der Waals surface area contributed by atoms with E-state index in [0.29, 0.717) is 5.56 Å². The zero-order valence-corrected chi connectivity index (χ0v) is 7.68. The van der Waals surface area contributed by atoms with E-state index in [4.69, 9.17) is 23.3 Å². The van der Waals surface area contributed by atoms with Gasteiger partial charge in [0.05, 0.1) is 5.56 Å². The molecule has 4 N–H and O–H groups in total. The number of primary amides is 1. The number of aromatic nitrogens is 1. The maximum atomic E-state index is 10.4. The molecule has 8 heteroatoms. The quantitative estimate of drug-likeness (QED) is 0.548. The van der Waals surface area contributed by atoms with Gasteiger partial charge in [-0.05, 0) is 12.1 Å². The van der Waals surface area contributed by atoms with Crippen LogP contribution in [0.4, 0.5) is 0 Å². The minimum absolute atomic E-state index is 0.442. The number of pyridine rings is 1. The van der Waals surface area contributed by atoms with Crippen molar-refractivity contribution >= 4 is 16.3 Å². The standard InChI is InChI=1S/C6H6N2O.H2O4S/c7-6(9)5-2-1-3-8-4-5;1-5(2,3)4/h1-4H,(H2,7,9);(H2,1,2,3,4). The maximum Gasteiger partial charge on any atom is 0.394 e. The lowest BCUT2D eigenvalue weighted by atomic mass is 10.3. The Morgan fingerprint density at radius 2 is 1.93 bits per heavy atom. The van der Waals surface area contributed by atoms with Crippen LogP contribution in [-0.2, 0) is 10.4 Å². The fourth-order valence-electron chi connectivity index (χ4n) is 0.509. The Bertz CT molecular complexity index is 380. The van der Waals surface area contributed by atoms with Gasteiger partial charge in [0.2, 0.25) is 5.91 Å². The van der Waals surface area contributed by atoms with E-state index in [1.165, 1.54) is 6.20 Å². The van der Waals surface area contributed by atoms with Crippen LogP contribution in [-0.4, -0.2) is 28.4 Å². The smallest absolute Gasteiger partial charge is 0.366 e. The van der Waals surface area contributed by atoms with E-state index < -0.39 is 16.3 Å². The van der Waals surface area contributed by atoms with E-state index in [1.807, 2.05) is 0 Å². The van der Waals surface area contributed by atoms with Crippen molar-refractivity contribution in [1.29, 1.82) is 0 Å². The third kappa shape index (κ3) is 8.59. The second-order valence-corrected chi connectivity index (χ2v) is 2.95. The molecule has 0 aliphatic heterocycles. The van der Waals surface area contributed by atoms with Gasteiger partial charge in [-0.15, -0.1) is 0 Å². The number of carbonyl (C=O) groups is 1. The zero-order valence-electron chi connectivity index (χ0n) is 6.86. The third-order valence-electron chi connectivity index (χ3n) is 0.946. The summed E-state index contributed by atoms with van der Waals surface area (Å²) in [5.74, 6) is -0.442. The Balaban J connectivity index is 0.000000292. The van der Waals surface area contributed by atoms with E-state index in [0.717, 1.165) is 0 Å². The molecule has 0 aromatic carbocycles. The van der Waals surface area contributed by atoms with Gasteiger partial charge in [0, 0.05) is 12.4 Å². The summed E-state index contributed by atoms with van der Waals surface area (Å²) in [5, 5.41) is 0. The van der Waals surface area contributed by atoms with Gasteiger partial charge in [-0.3, -0.25) is 18.9 Å². The minimum Gasteiger partial charge on any atom is -0.366 e. The van der Waals surface area contributed by atoms with Crippen LogP contribution in [0.2, 0.25) is 0 Å². The molecule has 7 nitrogen and oxygen atoms in total. The first-order valence-corrected chi connectivity index (χ1v) is 4.60. The molecular weight excluding hydrogens is 212 g/mol. The van der Waals surface area contributed by atoms with Gasteiger partial charge in [-0.25, -0.2) is 0 Å². The Kier molecular flexibility index (Phi) is 4.70. The van der Waals surface area contributed by atoms with Crippen LogP contribution in [0.3, 0.4) is 0 Å².